The minimum absolute atomic E-state index is 0.0536. The molecule has 84 valence electrons. The first-order valence-electron chi connectivity index (χ1n) is 5.39. The molecule has 15 heavy (non-hydrogen) atoms. The van der Waals surface area contributed by atoms with Gasteiger partial charge in [0.25, 0.3) is 0 Å². The van der Waals surface area contributed by atoms with Crippen molar-refractivity contribution in [2.75, 3.05) is 12.8 Å². The van der Waals surface area contributed by atoms with Gasteiger partial charge in [-0.05, 0) is 5.56 Å². The van der Waals surface area contributed by atoms with Crippen molar-refractivity contribution >= 4 is 8.07 Å². The van der Waals surface area contributed by atoms with E-state index < -0.39 is 8.07 Å². The molecule has 0 bridgehead atoms. The van der Waals surface area contributed by atoms with Crippen LogP contribution in [0.4, 0.5) is 0 Å². The lowest BCUT2D eigenvalue weighted by molar-refractivity contribution is 0.0894. The number of rotatable bonds is 5. The Bertz CT molecular complexity index is 281. The molecule has 0 aliphatic rings. The van der Waals surface area contributed by atoms with E-state index >= 15 is 0 Å². The van der Waals surface area contributed by atoms with Crippen LogP contribution in [-0.2, 0) is 4.74 Å². The van der Waals surface area contributed by atoms with Crippen LogP contribution in [0.25, 0.3) is 0 Å². The van der Waals surface area contributed by atoms with Crippen LogP contribution in [-0.4, -0.2) is 20.8 Å². The molecule has 1 atom stereocenters. The molecular weight excluding hydrogens is 202 g/mol. The maximum Gasteiger partial charge on any atom is 0.0942 e. The fourth-order valence-corrected chi connectivity index (χ4v) is 2.02. The maximum absolute atomic E-state index is 5.88. The quantitative estimate of drug-likeness (QED) is 0.779. The Balaban J connectivity index is 2.58. The van der Waals surface area contributed by atoms with Gasteiger partial charge >= 0.3 is 0 Å². The van der Waals surface area contributed by atoms with Gasteiger partial charge in [0, 0.05) is 12.8 Å². The molecule has 1 aromatic carbocycles. The zero-order valence-corrected chi connectivity index (χ0v) is 10.9. The Labute approximate surface area is 93.5 Å². The summed E-state index contributed by atoms with van der Waals surface area (Å²) in [7, 11) is -1.15. The van der Waals surface area contributed by atoms with Gasteiger partial charge in [-0.1, -0.05) is 50.0 Å². The molecule has 0 heterocycles. The van der Waals surface area contributed by atoms with Crippen LogP contribution in [0, 0.1) is 0 Å². The molecule has 3 heteroatoms. The Morgan fingerprint density at radius 1 is 1.20 bits per heavy atom. The van der Waals surface area contributed by atoms with Crippen molar-refractivity contribution in [3.8, 4) is 0 Å². The largest absolute Gasteiger partial charge is 0.376 e. The van der Waals surface area contributed by atoms with Crippen molar-refractivity contribution in [1.29, 1.82) is 0 Å². The minimum Gasteiger partial charge on any atom is -0.376 e. The Morgan fingerprint density at radius 2 is 1.80 bits per heavy atom. The second kappa shape index (κ2) is 5.44. The van der Waals surface area contributed by atoms with E-state index in [9.17, 15) is 0 Å². The second-order valence-corrected chi connectivity index (χ2v) is 10.4. The average molecular weight is 223 g/mol. The zero-order chi connectivity index (χ0) is 11.3. The fourth-order valence-electron chi connectivity index (χ4n) is 1.32. The molecule has 2 N–H and O–H groups in total. The van der Waals surface area contributed by atoms with Gasteiger partial charge in [0.15, 0.2) is 0 Å². The summed E-state index contributed by atoms with van der Waals surface area (Å²) >= 11 is 0. The lowest BCUT2D eigenvalue weighted by Gasteiger charge is -2.22. The van der Waals surface area contributed by atoms with Gasteiger partial charge in [-0.25, -0.2) is 0 Å². The highest BCUT2D eigenvalue weighted by atomic mass is 28.3. The zero-order valence-electron chi connectivity index (χ0n) is 9.86. The highest BCUT2D eigenvalue weighted by Crippen LogP contribution is 2.17. The van der Waals surface area contributed by atoms with Crippen LogP contribution in [0.15, 0.2) is 30.3 Å². The number of nitrogens with two attached hydrogens (primary N) is 1. The number of hydrogen-bond donors (Lipinski definition) is 1. The molecule has 1 unspecified atom stereocenters. The van der Waals surface area contributed by atoms with Gasteiger partial charge in [0.2, 0.25) is 0 Å². The van der Waals surface area contributed by atoms with Crippen molar-refractivity contribution in [3.05, 3.63) is 35.9 Å². The standard InChI is InChI=1S/C12H21NOSi/c1-15(2,3)10-14-12(9-13)11-7-5-4-6-8-11/h4-8,12H,9-10,13H2,1-3H3. The molecule has 0 aliphatic carbocycles. The van der Waals surface area contributed by atoms with E-state index in [1.807, 2.05) is 18.2 Å². The maximum atomic E-state index is 5.88. The van der Waals surface area contributed by atoms with E-state index in [1.54, 1.807) is 0 Å². The first kappa shape index (κ1) is 12.4. The number of hydrogen-bond acceptors (Lipinski definition) is 2. The minimum atomic E-state index is -1.15. The van der Waals surface area contributed by atoms with Gasteiger partial charge in [-0.2, -0.15) is 0 Å². The number of ether oxygens (including phenoxy) is 1. The predicted octanol–water partition coefficient (Wildman–Crippen LogP) is 2.58. The van der Waals surface area contributed by atoms with E-state index in [1.165, 1.54) is 5.56 Å². The van der Waals surface area contributed by atoms with Gasteiger partial charge in [0.1, 0.15) is 0 Å². The van der Waals surface area contributed by atoms with Gasteiger partial charge in [-0.15, -0.1) is 0 Å². The van der Waals surface area contributed by atoms with Crippen LogP contribution in [0.2, 0.25) is 19.6 Å². The Hall–Kier alpha value is -0.643. The van der Waals surface area contributed by atoms with Crippen LogP contribution in [0.1, 0.15) is 11.7 Å². The SMILES string of the molecule is C[Si](C)(C)COC(CN)c1ccccc1. The van der Waals surface area contributed by atoms with E-state index in [0.29, 0.717) is 6.54 Å². The van der Waals surface area contributed by atoms with Crippen molar-refractivity contribution in [3.63, 3.8) is 0 Å². The van der Waals surface area contributed by atoms with Crippen molar-refractivity contribution in [1.82, 2.24) is 0 Å². The van der Waals surface area contributed by atoms with E-state index in [4.69, 9.17) is 10.5 Å². The summed E-state index contributed by atoms with van der Waals surface area (Å²) in [4.78, 5) is 0. The van der Waals surface area contributed by atoms with Crippen molar-refractivity contribution < 1.29 is 4.74 Å². The summed E-state index contributed by atoms with van der Waals surface area (Å²) < 4.78 is 5.88. The van der Waals surface area contributed by atoms with Gasteiger partial charge in [0.05, 0.1) is 14.2 Å². The monoisotopic (exact) mass is 223 g/mol. The van der Waals surface area contributed by atoms with Gasteiger partial charge < -0.3 is 10.5 Å². The first-order valence-corrected chi connectivity index (χ1v) is 9.10. The average Bonchev–Trinajstić information content (AvgIpc) is 2.19. The van der Waals surface area contributed by atoms with Gasteiger partial charge in [-0.3, -0.25) is 0 Å². The molecule has 1 rings (SSSR count). The molecule has 0 saturated carbocycles. The molecule has 0 aromatic heterocycles. The number of benzene rings is 1. The predicted molar refractivity (Wildman–Crippen MR) is 67.5 cm³/mol. The summed E-state index contributed by atoms with van der Waals surface area (Å²) in [6.45, 7) is 7.44. The normalized spacial score (nSPS) is 13.9. The lowest BCUT2D eigenvalue weighted by atomic mass is 10.1. The second-order valence-electron chi connectivity index (χ2n) is 5.01. The lowest BCUT2D eigenvalue weighted by Crippen LogP contribution is -2.31. The molecule has 1 aromatic rings. The van der Waals surface area contributed by atoms with Crippen LogP contribution < -0.4 is 5.73 Å². The Morgan fingerprint density at radius 3 is 2.27 bits per heavy atom. The topological polar surface area (TPSA) is 35.2 Å². The first-order chi connectivity index (χ1) is 7.03. The molecule has 2 nitrogen and oxygen atoms in total. The Kier molecular flexibility index (Phi) is 4.51. The fraction of sp³-hybridized carbons (Fsp3) is 0.500. The summed E-state index contributed by atoms with van der Waals surface area (Å²) in [5.74, 6) is 0. The molecule has 0 spiro atoms. The third-order valence-corrected chi connectivity index (χ3v) is 3.14. The van der Waals surface area contributed by atoms with Crippen molar-refractivity contribution in [2.45, 2.75) is 25.7 Å². The third-order valence-electron chi connectivity index (χ3n) is 2.10. The smallest absolute Gasteiger partial charge is 0.0942 e. The highest BCUT2D eigenvalue weighted by molar-refractivity contribution is 6.76. The van der Waals surface area contributed by atoms with Crippen LogP contribution in [0.5, 0.6) is 0 Å². The summed E-state index contributed by atoms with van der Waals surface area (Å²) in [6, 6.07) is 10.2. The van der Waals surface area contributed by atoms with E-state index in [2.05, 4.69) is 31.8 Å². The highest BCUT2D eigenvalue weighted by Gasteiger charge is 2.17. The molecule has 0 aliphatic heterocycles. The van der Waals surface area contributed by atoms with Crippen LogP contribution in [0.3, 0.4) is 0 Å². The van der Waals surface area contributed by atoms with Crippen molar-refractivity contribution in [2.24, 2.45) is 5.73 Å². The molecule has 0 radical (unpaired) electrons. The summed E-state index contributed by atoms with van der Waals surface area (Å²) in [6.07, 6.45) is 0.918. The summed E-state index contributed by atoms with van der Waals surface area (Å²) in [5, 5.41) is 0. The molecule has 0 fully saturated rings. The van der Waals surface area contributed by atoms with E-state index in [0.717, 1.165) is 6.23 Å². The molecule has 0 amide bonds. The molecular formula is C12H21NOSi. The summed E-state index contributed by atoms with van der Waals surface area (Å²) in [5.41, 5.74) is 6.90. The molecule has 0 saturated heterocycles. The third kappa shape index (κ3) is 4.60. The van der Waals surface area contributed by atoms with Crippen LogP contribution >= 0.6 is 0 Å². The van der Waals surface area contributed by atoms with E-state index in [-0.39, 0.29) is 6.10 Å².